The van der Waals surface area contributed by atoms with E-state index in [1.54, 1.807) is 29.2 Å². The van der Waals surface area contributed by atoms with Crippen molar-refractivity contribution in [3.8, 4) is 0 Å². The number of hydrogen-bond donors (Lipinski definition) is 2. The normalized spacial score (nSPS) is 14.1. The maximum atomic E-state index is 13.0. The van der Waals surface area contributed by atoms with Crippen LogP contribution in [0.4, 0.5) is 16.2 Å². The summed E-state index contributed by atoms with van der Waals surface area (Å²) in [5, 5.41) is 6.15. The molecule has 6 heteroatoms. The fourth-order valence-electron chi connectivity index (χ4n) is 3.09. The standard InChI is InChI=1S/C20H22ClN3O2/c1-13(2)18(23-20(26)22-16-9-7-15(21)8-10-16)19(25)24-12-11-14-5-3-4-6-17(14)24/h3-10,13,18H,11-12H2,1-2H3,(H2,22,23,26)/t18-/m0/s1. The third kappa shape index (κ3) is 3.99. The van der Waals surface area contributed by atoms with E-state index in [1.807, 2.05) is 38.1 Å². The van der Waals surface area contributed by atoms with Crippen LogP contribution in [-0.4, -0.2) is 24.5 Å². The molecule has 2 N–H and O–H groups in total. The van der Waals surface area contributed by atoms with Gasteiger partial charge in [-0.3, -0.25) is 4.79 Å². The summed E-state index contributed by atoms with van der Waals surface area (Å²) in [5.41, 5.74) is 2.71. The quantitative estimate of drug-likeness (QED) is 0.850. The van der Waals surface area contributed by atoms with Gasteiger partial charge in [0.1, 0.15) is 6.04 Å². The molecule has 0 saturated heterocycles. The molecule has 0 radical (unpaired) electrons. The lowest BCUT2D eigenvalue weighted by Gasteiger charge is -2.27. The summed E-state index contributed by atoms with van der Waals surface area (Å²) in [5.74, 6) is -0.123. The van der Waals surface area contributed by atoms with Crippen molar-refractivity contribution in [1.29, 1.82) is 0 Å². The first kappa shape index (κ1) is 18.3. The van der Waals surface area contributed by atoms with Crippen LogP contribution in [0.2, 0.25) is 5.02 Å². The van der Waals surface area contributed by atoms with Crippen molar-refractivity contribution < 1.29 is 9.59 Å². The summed E-state index contributed by atoms with van der Waals surface area (Å²) >= 11 is 5.85. The largest absolute Gasteiger partial charge is 0.326 e. The molecule has 1 aliphatic heterocycles. The molecule has 1 atom stereocenters. The molecule has 2 aromatic carbocycles. The minimum atomic E-state index is -0.603. The van der Waals surface area contributed by atoms with Gasteiger partial charge in [-0.2, -0.15) is 0 Å². The van der Waals surface area contributed by atoms with Crippen LogP contribution < -0.4 is 15.5 Å². The molecule has 0 spiro atoms. The molecule has 2 aromatic rings. The van der Waals surface area contributed by atoms with E-state index in [-0.39, 0.29) is 11.8 Å². The molecule has 3 rings (SSSR count). The lowest BCUT2D eigenvalue weighted by Crippen LogP contribution is -2.52. The van der Waals surface area contributed by atoms with E-state index in [2.05, 4.69) is 10.6 Å². The van der Waals surface area contributed by atoms with Gasteiger partial charge in [-0.1, -0.05) is 43.6 Å². The predicted octanol–water partition coefficient (Wildman–Crippen LogP) is 4.08. The van der Waals surface area contributed by atoms with Gasteiger partial charge in [-0.25, -0.2) is 4.79 Å². The summed E-state index contributed by atoms with van der Waals surface area (Å²) < 4.78 is 0. The molecular weight excluding hydrogens is 350 g/mol. The Bertz CT molecular complexity index is 805. The van der Waals surface area contributed by atoms with Gasteiger partial charge in [0, 0.05) is 22.9 Å². The summed E-state index contributed by atoms with van der Waals surface area (Å²) in [6, 6.07) is 13.7. The number of hydrogen-bond acceptors (Lipinski definition) is 2. The summed E-state index contributed by atoms with van der Waals surface area (Å²) in [4.78, 5) is 27.2. The molecule has 5 nitrogen and oxygen atoms in total. The van der Waals surface area contributed by atoms with Gasteiger partial charge in [0.25, 0.3) is 0 Å². The third-order valence-electron chi connectivity index (χ3n) is 4.47. The van der Waals surface area contributed by atoms with Crippen LogP contribution in [0.3, 0.4) is 0 Å². The number of rotatable bonds is 4. The van der Waals surface area contributed by atoms with E-state index in [1.165, 1.54) is 0 Å². The average Bonchev–Trinajstić information content (AvgIpc) is 3.05. The van der Waals surface area contributed by atoms with Crippen molar-refractivity contribution in [3.05, 3.63) is 59.1 Å². The van der Waals surface area contributed by atoms with Gasteiger partial charge in [-0.05, 0) is 48.2 Å². The van der Waals surface area contributed by atoms with E-state index in [9.17, 15) is 9.59 Å². The molecule has 0 aromatic heterocycles. The van der Waals surface area contributed by atoms with E-state index < -0.39 is 12.1 Å². The first-order chi connectivity index (χ1) is 12.5. The number of nitrogens with zero attached hydrogens (tertiary/aromatic N) is 1. The summed E-state index contributed by atoms with van der Waals surface area (Å²) in [6.45, 7) is 4.49. The Morgan fingerprint density at radius 2 is 1.77 bits per heavy atom. The topological polar surface area (TPSA) is 61.4 Å². The highest BCUT2D eigenvalue weighted by Gasteiger charge is 2.32. The van der Waals surface area contributed by atoms with Crippen LogP contribution in [0.25, 0.3) is 0 Å². The second-order valence-electron chi connectivity index (χ2n) is 6.70. The predicted molar refractivity (Wildman–Crippen MR) is 105 cm³/mol. The van der Waals surface area contributed by atoms with Crippen LogP contribution in [-0.2, 0) is 11.2 Å². The number of amides is 3. The number of benzene rings is 2. The van der Waals surface area contributed by atoms with Crippen LogP contribution in [0.5, 0.6) is 0 Å². The van der Waals surface area contributed by atoms with E-state index in [0.29, 0.717) is 17.3 Å². The Hall–Kier alpha value is -2.53. The first-order valence-corrected chi connectivity index (χ1v) is 9.06. The lowest BCUT2D eigenvalue weighted by atomic mass is 10.0. The lowest BCUT2D eigenvalue weighted by molar-refractivity contribution is -0.121. The minimum Gasteiger partial charge on any atom is -0.326 e. The molecule has 3 amide bonds. The van der Waals surface area contributed by atoms with Crippen molar-refractivity contribution in [2.75, 3.05) is 16.8 Å². The van der Waals surface area contributed by atoms with Crippen molar-refractivity contribution in [2.45, 2.75) is 26.3 Å². The second-order valence-corrected chi connectivity index (χ2v) is 7.13. The van der Waals surface area contributed by atoms with Crippen LogP contribution in [0.1, 0.15) is 19.4 Å². The van der Waals surface area contributed by atoms with Gasteiger partial charge in [0.2, 0.25) is 5.91 Å². The Kier molecular flexibility index (Phi) is 5.47. The van der Waals surface area contributed by atoms with Crippen LogP contribution in [0, 0.1) is 5.92 Å². The zero-order valence-electron chi connectivity index (χ0n) is 14.8. The third-order valence-corrected chi connectivity index (χ3v) is 4.73. The number of carbonyl (C=O) groups is 2. The molecule has 0 aliphatic carbocycles. The molecule has 0 unspecified atom stereocenters. The molecule has 0 bridgehead atoms. The highest BCUT2D eigenvalue weighted by atomic mass is 35.5. The smallest absolute Gasteiger partial charge is 0.319 e. The molecule has 0 fully saturated rings. The summed E-state index contributed by atoms with van der Waals surface area (Å²) in [6.07, 6.45) is 0.837. The monoisotopic (exact) mass is 371 g/mol. The molecule has 1 aliphatic rings. The summed E-state index contributed by atoms with van der Waals surface area (Å²) in [7, 11) is 0. The zero-order chi connectivity index (χ0) is 18.7. The Morgan fingerprint density at radius 1 is 1.08 bits per heavy atom. The number of urea groups is 1. The van der Waals surface area contributed by atoms with Crippen molar-refractivity contribution in [3.63, 3.8) is 0 Å². The van der Waals surface area contributed by atoms with Gasteiger partial charge in [0.15, 0.2) is 0 Å². The maximum absolute atomic E-state index is 13.0. The molecular formula is C20H22ClN3O2. The highest BCUT2D eigenvalue weighted by molar-refractivity contribution is 6.30. The first-order valence-electron chi connectivity index (χ1n) is 8.68. The van der Waals surface area contributed by atoms with Gasteiger partial charge >= 0.3 is 6.03 Å². The fraction of sp³-hybridized carbons (Fsp3) is 0.300. The Balaban J connectivity index is 1.70. The van der Waals surface area contributed by atoms with Crippen LogP contribution >= 0.6 is 11.6 Å². The molecule has 0 saturated carbocycles. The Labute approximate surface area is 158 Å². The number of carbonyl (C=O) groups excluding carboxylic acids is 2. The van der Waals surface area contributed by atoms with Crippen molar-refractivity contribution >= 4 is 34.9 Å². The number of fused-ring (bicyclic) bond motifs is 1. The SMILES string of the molecule is CC(C)[C@H](NC(=O)Nc1ccc(Cl)cc1)C(=O)N1CCc2ccccc21. The zero-order valence-corrected chi connectivity index (χ0v) is 15.6. The van der Waals surface area contributed by atoms with Crippen LogP contribution in [0.15, 0.2) is 48.5 Å². The van der Waals surface area contributed by atoms with E-state index >= 15 is 0 Å². The minimum absolute atomic E-state index is 0.0359. The van der Waals surface area contributed by atoms with Crippen molar-refractivity contribution in [2.24, 2.45) is 5.92 Å². The van der Waals surface area contributed by atoms with Crippen molar-refractivity contribution in [1.82, 2.24) is 5.32 Å². The number of anilines is 2. The average molecular weight is 372 g/mol. The van der Waals surface area contributed by atoms with Gasteiger partial charge < -0.3 is 15.5 Å². The fourth-order valence-corrected chi connectivity index (χ4v) is 3.22. The van der Waals surface area contributed by atoms with E-state index in [4.69, 9.17) is 11.6 Å². The highest BCUT2D eigenvalue weighted by Crippen LogP contribution is 2.28. The van der Waals surface area contributed by atoms with Gasteiger partial charge in [-0.15, -0.1) is 0 Å². The molecule has 26 heavy (non-hydrogen) atoms. The Morgan fingerprint density at radius 3 is 2.46 bits per heavy atom. The maximum Gasteiger partial charge on any atom is 0.319 e. The molecule has 1 heterocycles. The number of nitrogens with one attached hydrogen (secondary N) is 2. The molecule has 136 valence electrons. The number of para-hydroxylation sites is 1. The number of halogens is 1. The second kappa shape index (κ2) is 7.79. The van der Waals surface area contributed by atoms with Gasteiger partial charge in [0.05, 0.1) is 0 Å². The van der Waals surface area contributed by atoms with E-state index in [0.717, 1.165) is 17.7 Å².